The van der Waals surface area contributed by atoms with Crippen molar-refractivity contribution in [3.05, 3.63) is 11.8 Å². The summed E-state index contributed by atoms with van der Waals surface area (Å²) >= 11 is 0. The summed E-state index contributed by atoms with van der Waals surface area (Å²) < 4.78 is 54.5. The fourth-order valence-corrected chi connectivity index (χ4v) is 3.68. The molecule has 1 amide bonds. The van der Waals surface area contributed by atoms with E-state index in [0.29, 0.717) is 10.1 Å². The Labute approximate surface area is 139 Å². The van der Waals surface area contributed by atoms with Crippen LogP contribution in [0.5, 0.6) is 0 Å². The second-order valence-corrected chi connectivity index (χ2v) is 9.91. The van der Waals surface area contributed by atoms with Gasteiger partial charge in [0.2, 0.25) is 15.9 Å². The first-order chi connectivity index (χ1) is 10.7. The number of rotatable bonds is 4. The summed E-state index contributed by atoms with van der Waals surface area (Å²) in [6.45, 7) is 6.17. The number of nitrogens with zero attached hydrogens (tertiary/aromatic N) is 2. The summed E-state index contributed by atoms with van der Waals surface area (Å²) in [7, 11) is -4.23. The molecule has 0 bridgehead atoms. The van der Waals surface area contributed by atoms with Crippen molar-refractivity contribution < 1.29 is 26.5 Å². The van der Waals surface area contributed by atoms with E-state index < -0.39 is 39.7 Å². The number of nitrogens with one attached hydrogen (secondary N) is 1. The Morgan fingerprint density at radius 3 is 2.25 bits per heavy atom. The number of hydrogen-bond acceptors (Lipinski definition) is 5. The van der Waals surface area contributed by atoms with Crippen LogP contribution in [0.1, 0.15) is 40.4 Å². The molecular formula is C14H21F2N3O4S. The van der Waals surface area contributed by atoms with Crippen LogP contribution in [0, 0.1) is 0 Å². The summed E-state index contributed by atoms with van der Waals surface area (Å²) in [4.78, 5) is 12.4. The summed E-state index contributed by atoms with van der Waals surface area (Å²) in [5.41, 5.74) is -0.333. The zero-order chi connectivity index (χ0) is 18.6. The molecule has 1 N–H and O–H groups in total. The van der Waals surface area contributed by atoms with Gasteiger partial charge in [-0.1, -0.05) is 25.9 Å². The third kappa shape index (κ3) is 3.30. The van der Waals surface area contributed by atoms with Crippen LogP contribution in [-0.2, 0) is 20.2 Å². The van der Waals surface area contributed by atoms with E-state index in [1.54, 1.807) is 0 Å². The Bertz CT molecular complexity index is 742. The number of aromatic nitrogens is 1. The molecule has 1 fully saturated rings. The van der Waals surface area contributed by atoms with Crippen LogP contribution in [0.2, 0.25) is 0 Å². The lowest BCUT2D eigenvalue weighted by Crippen LogP contribution is -2.63. The van der Waals surface area contributed by atoms with E-state index in [1.165, 1.54) is 19.9 Å². The largest absolute Gasteiger partial charge is 0.359 e. The number of alkyl halides is 2. The monoisotopic (exact) mass is 365 g/mol. The minimum absolute atomic E-state index is 0.0714. The van der Waals surface area contributed by atoms with E-state index in [-0.39, 0.29) is 11.2 Å². The predicted octanol–water partition coefficient (Wildman–Crippen LogP) is 1.97. The maximum absolute atomic E-state index is 12.9. The van der Waals surface area contributed by atoms with Gasteiger partial charge in [0.05, 0.1) is 13.1 Å². The van der Waals surface area contributed by atoms with Crippen molar-refractivity contribution >= 4 is 21.7 Å². The Hall–Kier alpha value is -1.55. The second-order valence-electron chi connectivity index (χ2n) is 7.42. The van der Waals surface area contributed by atoms with E-state index in [4.69, 9.17) is 4.52 Å². The zero-order valence-electron chi connectivity index (χ0n) is 14.2. The number of halogens is 2. The van der Waals surface area contributed by atoms with Crippen LogP contribution in [0.25, 0.3) is 0 Å². The molecule has 0 radical (unpaired) electrons. The lowest BCUT2D eigenvalue weighted by molar-refractivity contribution is -0.119. The number of carbonyl (C=O) groups is 1. The van der Waals surface area contributed by atoms with Gasteiger partial charge >= 0.3 is 0 Å². The molecule has 1 aromatic rings. The number of amides is 1. The first-order valence-corrected chi connectivity index (χ1v) is 8.77. The van der Waals surface area contributed by atoms with Crippen molar-refractivity contribution in [3.8, 4) is 0 Å². The highest BCUT2D eigenvalue weighted by atomic mass is 32.2. The SMILES string of the molecule is CC(C)(C)c1cc(NC(=O)C(C)(C)S(=O)(=O)N2CC(F)(F)C2)no1. The Balaban J connectivity index is 2.14. The van der Waals surface area contributed by atoms with Crippen molar-refractivity contribution in [3.63, 3.8) is 0 Å². The molecule has 1 aliphatic heterocycles. The molecular weight excluding hydrogens is 344 g/mol. The molecule has 1 aliphatic rings. The highest BCUT2D eigenvalue weighted by Gasteiger charge is 2.56. The van der Waals surface area contributed by atoms with Gasteiger partial charge in [-0.05, 0) is 13.8 Å². The molecule has 1 saturated heterocycles. The molecule has 2 heterocycles. The minimum atomic E-state index is -4.23. The maximum Gasteiger partial charge on any atom is 0.275 e. The highest BCUT2D eigenvalue weighted by molar-refractivity contribution is 7.91. The fourth-order valence-electron chi connectivity index (χ4n) is 2.03. The average molecular weight is 365 g/mol. The van der Waals surface area contributed by atoms with Gasteiger partial charge in [-0.3, -0.25) is 4.79 Å². The molecule has 0 unspecified atom stereocenters. The molecule has 24 heavy (non-hydrogen) atoms. The molecule has 1 aromatic heterocycles. The first-order valence-electron chi connectivity index (χ1n) is 7.33. The molecule has 0 aliphatic carbocycles. The maximum atomic E-state index is 12.9. The van der Waals surface area contributed by atoms with Gasteiger partial charge in [-0.25, -0.2) is 17.2 Å². The summed E-state index contributed by atoms with van der Waals surface area (Å²) in [6, 6.07) is 1.50. The van der Waals surface area contributed by atoms with Crippen molar-refractivity contribution in [2.75, 3.05) is 18.4 Å². The standard InChI is InChI=1S/C14H21F2N3O4S/c1-12(2,3)9-6-10(18-23-9)17-11(20)13(4,5)24(21,22)19-7-14(15,16)8-19/h6H,7-8H2,1-5H3,(H,17,18,20). The van der Waals surface area contributed by atoms with Crippen LogP contribution < -0.4 is 5.32 Å². The van der Waals surface area contributed by atoms with Crippen LogP contribution >= 0.6 is 0 Å². The minimum Gasteiger partial charge on any atom is -0.359 e. The topological polar surface area (TPSA) is 92.5 Å². The molecule has 0 saturated carbocycles. The summed E-state index contributed by atoms with van der Waals surface area (Å²) in [5.74, 6) is -3.33. The van der Waals surface area contributed by atoms with Gasteiger partial charge in [0.25, 0.3) is 5.92 Å². The zero-order valence-corrected chi connectivity index (χ0v) is 15.0. The number of anilines is 1. The van der Waals surface area contributed by atoms with Crippen LogP contribution in [-0.4, -0.2) is 47.5 Å². The lowest BCUT2D eigenvalue weighted by atomic mass is 9.93. The van der Waals surface area contributed by atoms with Crippen molar-refractivity contribution in [2.24, 2.45) is 0 Å². The van der Waals surface area contributed by atoms with Gasteiger partial charge in [0, 0.05) is 11.5 Å². The molecule has 2 rings (SSSR count). The van der Waals surface area contributed by atoms with E-state index in [0.717, 1.165) is 0 Å². The molecule has 10 heteroatoms. The van der Waals surface area contributed by atoms with Crippen LogP contribution in [0.3, 0.4) is 0 Å². The molecule has 0 atom stereocenters. The Morgan fingerprint density at radius 2 is 1.83 bits per heavy atom. The number of carbonyl (C=O) groups excluding carboxylic acids is 1. The van der Waals surface area contributed by atoms with Crippen molar-refractivity contribution in [1.29, 1.82) is 0 Å². The fraction of sp³-hybridized carbons (Fsp3) is 0.714. The lowest BCUT2D eigenvalue weighted by Gasteiger charge is -2.41. The number of hydrogen-bond donors (Lipinski definition) is 1. The number of sulfonamides is 1. The molecule has 0 aromatic carbocycles. The van der Waals surface area contributed by atoms with E-state index >= 15 is 0 Å². The summed E-state index contributed by atoms with van der Waals surface area (Å²) in [5, 5.41) is 6.05. The molecule has 136 valence electrons. The predicted molar refractivity (Wildman–Crippen MR) is 83.4 cm³/mol. The third-order valence-electron chi connectivity index (χ3n) is 3.84. The van der Waals surface area contributed by atoms with E-state index in [1.807, 2.05) is 20.8 Å². The smallest absolute Gasteiger partial charge is 0.275 e. The summed E-state index contributed by atoms with van der Waals surface area (Å²) in [6.07, 6.45) is 0. The quantitative estimate of drug-likeness (QED) is 0.881. The molecule has 0 spiro atoms. The highest BCUT2D eigenvalue weighted by Crippen LogP contribution is 2.34. The second kappa shape index (κ2) is 5.48. The van der Waals surface area contributed by atoms with Crippen LogP contribution in [0.4, 0.5) is 14.6 Å². The van der Waals surface area contributed by atoms with E-state index in [9.17, 15) is 22.0 Å². The van der Waals surface area contributed by atoms with Gasteiger partial charge in [0.1, 0.15) is 5.76 Å². The first kappa shape index (κ1) is 18.8. The van der Waals surface area contributed by atoms with E-state index in [2.05, 4.69) is 10.5 Å². The Morgan fingerprint density at radius 1 is 1.29 bits per heavy atom. The van der Waals surface area contributed by atoms with Crippen LogP contribution in [0.15, 0.2) is 10.6 Å². The molecule has 7 nitrogen and oxygen atoms in total. The van der Waals surface area contributed by atoms with Crippen molar-refractivity contribution in [2.45, 2.75) is 50.7 Å². The van der Waals surface area contributed by atoms with Crippen molar-refractivity contribution in [1.82, 2.24) is 9.46 Å². The average Bonchev–Trinajstić information content (AvgIpc) is 2.83. The van der Waals surface area contributed by atoms with Gasteiger partial charge < -0.3 is 9.84 Å². The van der Waals surface area contributed by atoms with Gasteiger partial charge in [-0.15, -0.1) is 0 Å². The van der Waals surface area contributed by atoms with Gasteiger partial charge in [-0.2, -0.15) is 4.31 Å². The third-order valence-corrected chi connectivity index (χ3v) is 6.25. The van der Waals surface area contributed by atoms with Gasteiger partial charge in [0.15, 0.2) is 10.6 Å². The Kier molecular flexibility index (Phi) is 4.29. The normalized spacial score (nSPS) is 19.0.